The van der Waals surface area contributed by atoms with E-state index in [1.54, 1.807) is 48.5 Å². The Morgan fingerprint density at radius 3 is 2.35 bits per heavy atom. The highest BCUT2D eigenvalue weighted by Crippen LogP contribution is 2.29. The summed E-state index contributed by atoms with van der Waals surface area (Å²) in [4.78, 5) is 36.2. The predicted octanol–water partition coefficient (Wildman–Crippen LogP) is 2.94. The number of carbonyl (C=O) groups excluding carboxylic acids is 2. The maximum absolute atomic E-state index is 12.5. The molecule has 2 amide bonds. The Kier molecular flexibility index (Phi) is 3.72. The predicted molar refractivity (Wildman–Crippen MR) is 84.6 cm³/mol. The lowest BCUT2D eigenvalue weighted by atomic mass is 10.1. The molecule has 3 rings (SSSR count). The average molecular weight is 308 g/mol. The third kappa shape index (κ3) is 2.74. The van der Waals surface area contributed by atoms with Gasteiger partial charge in [0, 0.05) is 11.6 Å². The molecule has 6 heteroatoms. The number of hydrogen-bond acceptors (Lipinski definition) is 4. The van der Waals surface area contributed by atoms with Crippen LogP contribution in [0.4, 0.5) is 11.4 Å². The summed E-state index contributed by atoms with van der Waals surface area (Å²) in [7, 11) is 0. The highest BCUT2D eigenvalue weighted by Gasteiger charge is 2.35. The number of imide groups is 1. The molecule has 0 unspecified atom stereocenters. The minimum absolute atomic E-state index is 0.0697. The molecule has 0 saturated carbocycles. The Labute approximate surface area is 131 Å². The Hall–Kier alpha value is -3.28. The van der Waals surface area contributed by atoms with Gasteiger partial charge in [0.1, 0.15) is 0 Å². The van der Waals surface area contributed by atoms with Crippen molar-refractivity contribution >= 4 is 29.3 Å². The lowest BCUT2D eigenvalue weighted by molar-refractivity contribution is -0.385. The first-order valence-electron chi connectivity index (χ1n) is 6.94. The molecule has 0 N–H and O–H groups in total. The molecular formula is C17H12N2O4. The van der Waals surface area contributed by atoms with E-state index in [0.717, 1.165) is 4.90 Å². The first-order chi connectivity index (χ1) is 11.1. The molecular weight excluding hydrogens is 296 g/mol. The van der Waals surface area contributed by atoms with Crippen LogP contribution >= 0.6 is 0 Å². The minimum atomic E-state index is -0.511. The van der Waals surface area contributed by atoms with Gasteiger partial charge in [-0.05, 0) is 24.3 Å². The quantitative estimate of drug-likeness (QED) is 0.378. The molecule has 1 heterocycles. The molecule has 0 aromatic heterocycles. The molecule has 23 heavy (non-hydrogen) atoms. The third-order valence-corrected chi connectivity index (χ3v) is 3.55. The van der Waals surface area contributed by atoms with Gasteiger partial charge in [-0.1, -0.05) is 30.3 Å². The highest BCUT2D eigenvalue weighted by molar-refractivity contribution is 6.29. The van der Waals surface area contributed by atoms with Gasteiger partial charge < -0.3 is 0 Å². The zero-order valence-electron chi connectivity index (χ0n) is 12.0. The molecule has 1 aliphatic rings. The van der Waals surface area contributed by atoms with Crippen LogP contribution in [0.1, 0.15) is 12.0 Å². The summed E-state index contributed by atoms with van der Waals surface area (Å²) in [6.07, 6.45) is 1.35. The number of anilines is 1. The molecule has 6 nitrogen and oxygen atoms in total. The lowest BCUT2D eigenvalue weighted by Gasteiger charge is -2.12. The van der Waals surface area contributed by atoms with Crippen molar-refractivity contribution < 1.29 is 14.5 Å². The van der Waals surface area contributed by atoms with Crippen molar-refractivity contribution in [1.29, 1.82) is 0 Å². The first-order valence-corrected chi connectivity index (χ1v) is 6.94. The van der Waals surface area contributed by atoms with Crippen LogP contribution in [0.3, 0.4) is 0 Å². The molecule has 1 aliphatic heterocycles. The number of nitrogens with zero attached hydrogens (tertiary/aromatic N) is 2. The van der Waals surface area contributed by atoms with Crippen molar-refractivity contribution in [3.05, 3.63) is 75.8 Å². The van der Waals surface area contributed by atoms with E-state index < -0.39 is 10.8 Å². The van der Waals surface area contributed by atoms with Gasteiger partial charge in [-0.2, -0.15) is 0 Å². The van der Waals surface area contributed by atoms with Gasteiger partial charge in [-0.25, -0.2) is 4.90 Å². The van der Waals surface area contributed by atoms with E-state index in [-0.39, 0.29) is 23.6 Å². The summed E-state index contributed by atoms with van der Waals surface area (Å²) in [6.45, 7) is 0. The summed E-state index contributed by atoms with van der Waals surface area (Å²) in [5.41, 5.74) is 0.948. The van der Waals surface area contributed by atoms with Crippen LogP contribution in [-0.4, -0.2) is 16.7 Å². The van der Waals surface area contributed by atoms with Crippen molar-refractivity contribution in [1.82, 2.24) is 0 Å². The number of nitro benzene ring substituents is 1. The second kappa shape index (κ2) is 5.84. The topological polar surface area (TPSA) is 80.5 Å². The van der Waals surface area contributed by atoms with Crippen LogP contribution in [0.25, 0.3) is 6.08 Å². The molecule has 1 fully saturated rings. The van der Waals surface area contributed by atoms with Crippen molar-refractivity contribution in [2.24, 2.45) is 0 Å². The Bertz CT molecular complexity index is 827. The smallest absolute Gasteiger partial charge is 0.274 e. The van der Waals surface area contributed by atoms with Crippen LogP contribution in [0.2, 0.25) is 0 Å². The van der Waals surface area contributed by atoms with Crippen LogP contribution in [0.15, 0.2) is 60.2 Å². The van der Waals surface area contributed by atoms with Crippen LogP contribution in [0.5, 0.6) is 0 Å². The summed E-state index contributed by atoms with van der Waals surface area (Å²) in [5, 5.41) is 11.0. The zero-order valence-corrected chi connectivity index (χ0v) is 12.0. The van der Waals surface area contributed by atoms with Crippen LogP contribution < -0.4 is 4.90 Å². The van der Waals surface area contributed by atoms with Crippen molar-refractivity contribution in [2.75, 3.05) is 4.90 Å². The van der Waals surface area contributed by atoms with E-state index in [4.69, 9.17) is 0 Å². The highest BCUT2D eigenvalue weighted by atomic mass is 16.6. The van der Waals surface area contributed by atoms with Gasteiger partial charge >= 0.3 is 0 Å². The van der Waals surface area contributed by atoms with E-state index in [1.807, 2.05) is 0 Å². The SMILES string of the molecule is O=C1C/C(=C\c2ccccc2[N+](=O)[O-])C(=O)N1c1ccccc1. The fourth-order valence-corrected chi connectivity index (χ4v) is 2.49. The number of benzene rings is 2. The van der Waals surface area contributed by atoms with Crippen LogP contribution in [0, 0.1) is 10.1 Å². The normalized spacial score (nSPS) is 16.2. The van der Waals surface area contributed by atoms with Crippen molar-refractivity contribution in [3.63, 3.8) is 0 Å². The van der Waals surface area contributed by atoms with Crippen molar-refractivity contribution in [3.8, 4) is 0 Å². The number of amides is 2. The van der Waals surface area contributed by atoms with E-state index in [1.165, 1.54) is 12.1 Å². The van der Waals surface area contributed by atoms with Crippen molar-refractivity contribution in [2.45, 2.75) is 6.42 Å². The largest absolute Gasteiger partial charge is 0.276 e. The van der Waals surface area contributed by atoms with Gasteiger partial charge in [-0.3, -0.25) is 19.7 Å². The maximum atomic E-state index is 12.5. The van der Waals surface area contributed by atoms with Gasteiger partial charge in [0.05, 0.1) is 22.6 Å². The monoisotopic (exact) mass is 308 g/mol. The number of rotatable bonds is 3. The Balaban J connectivity index is 1.99. The molecule has 1 saturated heterocycles. The number of carbonyl (C=O) groups is 2. The van der Waals surface area contributed by atoms with E-state index >= 15 is 0 Å². The molecule has 0 bridgehead atoms. The second-order valence-electron chi connectivity index (χ2n) is 5.03. The molecule has 114 valence electrons. The fourth-order valence-electron chi connectivity index (χ4n) is 2.49. The van der Waals surface area contributed by atoms with Gasteiger partial charge in [-0.15, -0.1) is 0 Å². The summed E-state index contributed by atoms with van der Waals surface area (Å²) < 4.78 is 0. The van der Waals surface area contributed by atoms with E-state index in [2.05, 4.69) is 0 Å². The van der Waals surface area contributed by atoms with Gasteiger partial charge in [0.2, 0.25) is 5.91 Å². The maximum Gasteiger partial charge on any atom is 0.276 e. The molecule has 0 atom stereocenters. The second-order valence-corrected chi connectivity index (χ2v) is 5.03. The summed E-state index contributed by atoms with van der Waals surface area (Å²) in [6, 6.07) is 14.7. The van der Waals surface area contributed by atoms with Gasteiger partial charge in [0.15, 0.2) is 0 Å². The standard InChI is InChI=1S/C17H12N2O4/c20-16-11-13(10-12-6-4-5-9-15(12)19(22)23)17(21)18(16)14-7-2-1-3-8-14/h1-10H,11H2/b13-10+. The number of nitro groups is 1. The molecule has 0 radical (unpaired) electrons. The molecule has 2 aromatic rings. The average Bonchev–Trinajstić information content (AvgIpc) is 2.82. The molecule has 0 aliphatic carbocycles. The van der Waals surface area contributed by atoms with E-state index in [9.17, 15) is 19.7 Å². The lowest BCUT2D eigenvalue weighted by Crippen LogP contribution is -2.28. The minimum Gasteiger partial charge on any atom is -0.274 e. The van der Waals surface area contributed by atoms with Crippen LogP contribution in [-0.2, 0) is 9.59 Å². The third-order valence-electron chi connectivity index (χ3n) is 3.55. The molecule has 2 aromatic carbocycles. The number of para-hydroxylation sites is 2. The Morgan fingerprint density at radius 2 is 1.65 bits per heavy atom. The first kappa shape index (κ1) is 14.6. The van der Waals surface area contributed by atoms with Gasteiger partial charge in [0.25, 0.3) is 11.6 Å². The Morgan fingerprint density at radius 1 is 1.00 bits per heavy atom. The van der Waals surface area contributed by atoms with E-state index in [0.29, 0.717) is 11.3 Å². The fraction of sp³-hybridized carbons (Fsp3) is 0.0588. The summed E-state index contributed by atoms with van der Waals surface area (Å²) in [5.74, 6) is -0.787. The number of hydrogen-bond donors (Lipinski definition) is 0. The zero-order chi connectivity index (χ0) is 16.4. The molecule has 0 spiro atoms. The summed E-state index contributed by atoms with van der Waals surface area (Å²) >= 11 is 0.